The molecule has 88 valence electrons. The molecular weight excluding hydrogens is 208 g/mol. The third-order valence-corrected chi connectivity index (χ3v) is 4.43. The summed E-state index contributed by atoms with van der Waals surface area (Å²) in [5.41, 5.74) is -0.467. The molecule has 1 amide bonds. The summed E-state index contributed by atoms with van der Waals surface area (Å²) >= 11 is 1.87. The molecule has 0 radical (unpaired) electrons. The van der Waals surface area contributed by atoms with Crippen LogP contribution in [-0.2, 0) is 4.79 Å². The van der Waals surface area contributed by atoms with Gasteiger partial charge >= 0.3 is 0 Å². The minimum atomic E-state index is -0.467. The molecular formula is C11H22N2OS. The van der Waals surface area contributed by atoms with Gasteiger partial charge in [-0.05, 0) is 40.0 Å². The predicted molar refractivity (Wildman–Crippen MR) is 66.2 cm³/mol. The summed E-state index contributed by atoms with van der Waals surface area (Å²) < 4.78 is 0. The molecule has 0 saturated heterocycles. The zero-order valence-corrected chi connectivity index (χ0v) is 10.9. The van der Waals surface area contributed by atoms with E-state index in [0.717, 1.165) is 6.42 Å². The highest BCUT2D eigenvalue weighted by molar-refractivity contribution is 7.99. The van der Waals surface area contributed by atoms with Crippen molar-refractivity contribution in [3.05, 3.63) is 0 Å². The molecule has 1 fully saturated rings. The van der Waals surface area contributed by atoms with E-state index in [1.54, 1.807) is 0 Å². The first-order valence-corrected chi connectivity index (χ1v) is 6.82. The van der Waals surface area contributed by atoms with Crippen LogP contribution < -0.4 is 10.6 Å². The van der Waals surface area contributed by atoms with Crippen LogP contribution in [0.25, 0.3) is 0 Å². The van der Waals surface area contributed by atoms with Crippen molar-refractivity contribution in [3.8, 4) is 0 Å². The number of hydrogen-bond donors (Lipinski definition) is 2. The van der Waals surface area contributed by atoms with E-state index < -0.39 is 5.54 Å². The minimum absolute atomic E-state index is 0.107. The predicted octanol–water partition coefficient (Wildman–Crippen LogP) is 1.38. The van der Waals surface area contributed by atoms with Crippen LogP contribution in [-0.4, -0.2) is 36.0 Å². The molecule has 0 aromatic carbocycles. The molecule has 1 aliphatic carbocycles. The van der Waals surface area contributed by atoms with E-state index in [2.05, 4.69) is 16.9 Å². The second kappa shape index (κ2) is 5.21. The van der Waals surface area contributed by atoms with E-state index in [0.29, 0.717) is 11.3 Å². The van der Waals surface area contributed by atoms with Crippen molar-refractivity contribution in [1.82, 2.24) is 10.6 Å². The Morgan fingerprint density at radius 2 is 2.07 bits per heavy atom. The zero-order valence-electron chi connectivity index (χ0n) is 10.1. The highest BCUT2D eigenvalue weighted by Crippen LogP contribution is 2.28. The number of rotatable bonds is 4. The van der Waals surface area contributed by atoms with E-state index in [-0.39, 0.29) is 5.91 Å². The summed E-state index contributed by atoms with van der Waals surface area (Å²) in [6, 6.07) is 0.361. The van der Waals surface area contributed by atoms with Crippen molar-refractivity contribution in [1.29, 1.82) is 0 Å². The van der Waals surface area contributed by atoms with Crippen LogP contribution in [0.2, 0.25) is 0 Å². The average molecular weight is 230 g/mol. The second-order valence-electron chi connectivity index (χ2n) is 4.66. The van der Waals surface area contributed by atoms with Gasteiger partial charge in [-0.2, -0.15) is 11.8 Å². The van der Waals surface area contributed by atoms with Crippen molar-refractivity contribution in [2.75, 3.05) is 13.3 Å². The van der Waals surface area contributed by atoms with Gasteiger partial charge in [0.15, 0.2) is 0 Å². The van der Waals surface area contributed by atoms with Gasteiger partial charge in [0, 0.05) is 11.3 Å². The van der Waals surface area contributed by atoms with Gasteiger partial charge in [0.2, 0.25) is 5.91 Å². The second-order valence-corrected chi connectivity index (χ2v) is 5.74. The van der Waals surface area contributed by atoms with Crippen molar-refractivity contribution in [2.24, 2.45) is 0 Å². The van der Waals surface area contributed by atoms with Gasteiger partial charge in [0.05, 0.1) is 5.54 Å². The normalized spacial score (nSPS) is 26.7. The Kier molecular flexibility index (Phi) is 4.46. The van der Waals surface area contributed by atoms with E-state index in [1.807, 2.05) is 32.7 Å². The van der Waals surface area contributed by atoms with Gasteiger partial charge in [-0.15, -0.1) is 0 Å². The van der Waals surface area contributed by atoms with Gasteiger partial charge in [0.25, 0.3) is 0 Å². The summed E-state index contributed by atoms with van der Waals surface area (Å²) in [5, 5.41) is 6.78. The fourth-order valence-electron chi connectivity index (χ4n) is 1.84. The monoisotopic (exact) mass is 230 g/mol. The Balaban J connectivity index is 2.51. The number of carbonyl (C=O) groups is 1. The maximum atomic E-state index is 11.9. The lowest BCUT2D eigenvalue weighted by Crippen LogP contribution is -2.54. The first-order chi connectivity index (χ1) is 7.01. The Morgan fingerprint density at radius 3 is 2.60 bits per heavy atom. The summed E-state index contributed by atoms with van der Waals surface area (Å²) in [4.78, 5) is 11.9. The number of amides is 1. The SMILES string of the molecule is CNC(C)(C)C(=O)NC1CCCC1SC. The molecule has 0 spiro atoms. The summed E-state index contributed by atoms with van der Waals surface area (Å²) in [6.45, 7) is 3.82. The van der Waals surface area contributed by atoms with Crippen molar-refractivity contribution < 1.29 is 4.79 Å². The Hall–Kier alpha value is -0.220. The smallest absolute Gasteiger partial charge is 0.239 e. The van der Waals surface area contributed by atoms with Crippen LogP contribution in [0, 0.1) is 0 Å². The lowest BCUT2D eigenvalue weighted by Gasteiger charge is -2.27. The van der Waals surface area contributed by atoms with Crippen molar-refractivity contribution >= 4 is 17.7 Å². The average Bonchev–Trinajstić information content (AvgIpc) is 2.65. The van der Waals surface area contributed by atoms with Crippen molar-refractivity contribution in [3.63, 3.8) is 0 Å². The van der Waals surface area contributed by atoms with E-state index in [1.165, 1.54) is 12.8 Å². The van der Waals surface area contributed by atoms with Crippen LogP contribution >= 0.6 is 11.8 Å². The summed E-state index contributed by atoms with van der Waals surface area (Å²) in [5.74, 6) is 0.107. The highest BCUT2D eigenvalue weighted by atomic mass is 32.2. The van der Waals surface area contributed by atoms with Crippen LogP contribution in [0.3, 0.4) is 0 Å². The molecule has 1 aliphatic rings. The quantitative estimate of drug-likeness (QED) is 0.767. The Morgan fingerprint density at radius 1 is 1.40 bits per heavy atom. The molecule has 0 heterocycles. The maximum Gasteiger partial charge on any atom is 0.239 e. The molecule has 0 aromatic rings. The molecule has 1 rings (SSSR count). The number of hydrogen-bond acceptors (Lipinski definition) is 3. The molecule has 4 heteroatoms. The van der Waals surface area contributed by atoms with E-state index in [9.17, 15) is 4.79 Å². The molecule has 0 bridgehead atoms. The van der Waals surface area contributed by atoms with Gasteiger partial charge in [-0.3, -0.25) is 4.79 Å². The van der Waals surface area contributed by atoms with Gasteiger partial charge in [-0.25, -0.2) is 0 Å². The van der Waals surface area contributed by atoms with Crippen LogP contribution in [0.4, 0.5) is 0 Å². The summed E-state index contributed by atoms with van der Waals surface area (Å²) in [7, 11) is 1.82. The number of carbonyl (C=O) groups excluding carboxylic acids is 1. The standard InChI is InChI=1S/C11H22N2OS/c1-11(2,12-3)10(14)13-8-6-5-7-9(8)15-4/h8-9,12H,5-7H2,1-4H3,(H,13,14). The van der Waals surface area contributed by atoms with E-state index in [4.69, 9.17) is 0 Å². The van der Waals surface area contributed by atoms with Crippen LogP contribution in [0.5, 0.6) is 0 Å². The first-order valence-electron chi connectivity index (χ1n) is 5.54. The van der Waals surface area contributed by atoms with Gasteiger partial charge < -0.3 is 10.6 Å². The molecule has 2 unspecified atom stereocenters. The van der Waals surface area contributed by atoms with Gasteiger partial charge in [-0.1, -0.05) is 6.42 Å². The maximum absolute atomic E-state index is 11.9. The third-order valence-electron chi connectivity index (χ3n) is 3.26. The molecule has 2 N–H and O–H groups in total. The molecule has 15 heavy (non-hydrogen) atoms. The Bertz CT molecular complexity index is 231. The lowest BCUT2D eigenvalue weighted by atomic mass is 10.0. The minimum Gasteiger partial charge on any atom is -0.351 e. The molecule has 0 aliphatic heterocycles. The largest absolute Gasteiger partial charge is 0.351 e. The molecule has 3 nitrogen and oxygen atoms in total. The Labute approximate surface area is 96.8 Å². The fraction of sp³-hybridized carbons (Fsp3) is 0.909. The first kappa shape index (κ1) is 12.8. The van der Waals surface area contributed by atoms with Gasteiger partial charge in [0.1, 0.15) is 0 Å². The fourth-order valence-corrected chi connectivity index (χ4v) is 2.77. The molecule has 1 saturated carbocycles. The number of nitrogens with one attached hydrogen (secondary N) is 2. The van der Waals surface area contributed by atoms with E-state index >= 15 is 0 Å². The number of thioether (sulfide) groups is 1. The topological polar surface area (TPSA) is 41.1 Å². The number of likely N-dealkylation sites (N-methyl/N-ethyl adjacent to an activating group) is 1. The third kappa shape index (κ3) is 3.11. The molecule has 0 aromatic heterocycles. The zero-order chi connectivity index (χ0) is 11.5. The lowest BCUT2D eigenvalue weighted by molar-refractivity contribution is -0.126. The summed E-state index contributed by atoms with van der Waals surface area (Å²) in [6.07, 6.45) is 5.71. The van der Waals surface area contributed by atoms with Crippen molar-refractivity contribution in [2.45, 2.75) is 49.9 Å². The highest BCUT2D eigenvalue weighted by Gasteiger charge is 2.32. The van der Waals surface area contributed by atoms with Crippen LogP contribution in [0.1, 0.15) is 33.1 Å². The van der Waals surface area contributed by atoms with Crippen LogP contribution in [0.15, 0.2) is 0 Å². The molecule has 2 atom stereocenters.